The molecule has 2 rings (SSSR count). The molecule has 4 heteroatoms. The maximum atomic E-state index is 11.5. The van der Waals surface area contributed by atoms with E-state index >= 15 is 0 Å². The second kappa shape index (κ2) is 4.37. The predicted octanol–water partition coefficient (Wildman–Crippen LogP) is 1.84. The van der Waals surface area contributed by atoms with E-state index in [0.717, 1.165) is 16.6 Å². The van der Waals surface area contributed by atoms with Crippen molar-refractivity contribution >= 4 is 16.9 Å². The molecule has 84 valence electrons. The van der Waals surface area contributed by atoms with Gasteiger partial charge in [0.25, 0.3) is 0 Å². The predicted molar refractivity (Wildman–Crippen MR) is 60.2 cm³/mol. The zero-order valence-electron chi connectivity index (χ0n) is 8.99. The highest BCUT2D eigenvalue weighted by molar-refractivity contribution is 5.94. The fourth-order valence-electron chi connectivity index (χ4n) is 1.62. The van der Waals surface area contributed by atoms with Crippen LogP contribution in [0.4, 0.5) is 0 Å². The van der Waals surface area contributed by atoms with Gasteiger partial charge in [-0.2, -0.15) is 0 Å². The molecule has 4 nitrogen and oxygen atoms in total. The van der Waals surface area contributed by atoms with Gasteiger partial charge >= 0.3 is 5.97 Å². The second-order valence-corrected chi connectivity index (χ2v) is 3.48. The van der Waals surface area contributed by atoms with E-state index in [1.165, 1.54) is 0 Å². The first-order chi connectivity index (χ1) is 7.74. The highest BCUT2D eigenvalue weighted by Crippen LogP contribution is 2.17. The maximum Gasteiger partial charge on any atom is 0.338 e. The van der Waals surface area contributed by atoms with E-state index < -0.39 is 0 Å². The molecule has 0 aliphatic rings. The van der Waals surface area contributed by atoms with Crippen LogP contribution in [0.1, 0.15) is 23.0 Å². The first-order valence-corrected chi connectivity index (χ1v) is 5.14. The van der Waals surface area contributed by atoms with Crippen LogP contribution in [0, 0.1) is 0 Å². The molecule has 0 atom stereocenters. The number of aliphatic hydroxyl groups is 1. The molecule has 0 aliphatic heterocycles. The summed E-state index contributed by atoms with van der Waals surface area (Å²) in [5.41, 5.74) is 2.16. The average molecular weight is 219 g/mol. The van der Waals surface area contributed by atoms with Crippen LogP contribution in [0.3, 0.4) is 0 Å². The number of esters is 1. The fraction of sp³-hybridized carbons (Fsp3) is 0.250. The van der Waals surface area contributed by atoms with Gasteiger partial charge in [0.1, 0.15) is 0 Å². The molecule has 0 aliphatic carbocycles. The molecular formula is C12H13NO3. The lowest BCUT2D eigenvalue weighted by molar-refractivity contribution is 0.0526. The SMILES string of the molecule is CCOC(=O)c1ccc2[nH]c(CO)cc2c1. The number of H-pyrrole nitrogens is 1. The van der Waals surface area contributed by atoms with Crippen molar-refractivity contribution in [2.75, 3.05) is 6.61 Å². The summed E-state index contributed by atoms with van der Waals surface area (Å²) in [5.74, 6) is -0.323. The van der Waals surface area contributed by atoms with Crippen molar-refractivity contribution < 1.29 is 14.6 Å². The van der Waals surface area contributed by atoms with Crippen LogP contribution >= 0.6 is 0 Å². The number of hydrogen-bond acceptors (Lipinski definition) is 3. The molecule has 1 aromatic carbocycles. The Balaban J connectivity index is 2.39. The Bertz CT molecular complexity index is 516. The van der Waals surface area contributed by atoms with Gasteiger partial charge in [-0.1, -0.05) is 0 Å². The van der Waals surface area contributed by atoms with Gasteiger partial charge < -0.3 is 14.8 Å². The summed E-state index contributed by atoms with van der Waals surface area (Å²) in [6.07, 6.45) is 0. The van der Waals surface area contributed by atoms with Crippen LogP contribution in [0.15, 0.2) is 24.3 Å². The Morgan fingerprint density at radius 1 is 1.44 bits per heavy atom. The largest absolute Gasteiger partial charge is 0.462 e. The number of carbonyl (C=O) groups excluding carboxylic acids is 1. The van der Waals surface area contributed by atoms with E-state index in [9.17, 15) is 4.79 Å². The van der Waals surface area contributed by atoms with Crippen LogP contribution in [0.5, 0.6) is 0 Å². The van der Waals surface area contributed by atoms with Gasteiger partial charge in [-0.3, -0.25) is 0 Å². The van der Waals surface area contributed by atoms with Crippen molar-refractivity contribution in [3.05, 3.63) is 35.5 Å². The third-order valence-corrected chi connectivity index (χ3v) is 2.36. The number of aromatic nitrogens is 1. The van der Waals surface area contributed by atoms with E-state index in [4.69, 9.17) is 9.84 Å². The minimum absolute atomic E-state index is 0.0383. The Morgan fingerprint density at radius 2 is 2.25 bits per heavy atom. The topological polar surface area (TPSA) is 62.3 Å². The molecule has 0 radical (unpaired) electrons. The van der Waals surface area contributed by atoms with Gasteiger partial charge in [-0.15, -0.1) is 0 Å². The summed E-state index contributed by atoms with van der Waals surface area (Å²) in [6.45, 7) is 2.10. The minimum atomic E-state index is -0.323. The first-order valence-electron chi connectivity index (χ1n) is 5.14. The van der Waals surface area contributed by atoms with Gasteiger partial charge in [0.15, 0.2) is 0 Å². The molecule has 0 amide bonds. The average Bonchev–Trinajstić information content (AvgIpc) is 2.70. The standard InChI is InChI=1S/C12H13NO3/c1-2-16-12(15)8-3-4-11-9(5-8)6-10(7-14)13-11/h3-6,13-14H,2,7H2,1H3. The molecule has 16 heavy (non-hydrogen) atoms. The van der Waals surface area contributed by atoms with Crippen molar-refractivity contribution in [2.45, 2.75) is 13.5 Å². The number of nitrogens with one attached hydrogen (secondary N) is 1. The number of aliphatic hydroxyl groups excluding tert-OH is 1. The first kappa shape index (κ1) is 10.7. The molecule has 0 unspecified atom stereocenters. The molecule has 1 heterocycles. The molecule has 0 spiro atoms. The van der Waals surface area contributed by atoms with Crippen molar-refractivity contribution in [1.82, 2.24) is 4.98 Å². The van der Waals surface area contributed by atoms with Gasteiger partial charge in [-0.25, -0.2) is 4.79 Å². The van der Waals surface area contributed by atoms with Crippen LogP contribution in [0.25, 0.3) is 10.9 Å². The smallest absolute Gasteiger partial charge is 0.338 e. The lowest BCUT2D eigenvalue weighted by Crippen LogP contribution is -2.03. The summed E-state index contributed by atoms with van der Waals surface area (Å²) < 4.78 is 4.91. The number of rotatable bonds is 3. The number of fused-ring (bicyclic) bond motifs is 1. The van der Waals surface area contributed by atoms with Crippen molar-refractivity contribution in [3.63, 3.8) is 0 Å². The van der Waals surface area contributed by atoms with Gasteiger partial charge in [0, 0.05) is 16.6 Å². The van der Waals surface area contributed by atoms with E-state index in [1.54, 1.807) is 25.1 Å². The quantitative estimate of drug-likeness (QED) is 0.774. The van der Waals surface area contributed by atoms with Crippen LogP contribution < -0.4 is 0 Å². The highest BCUT2D eigenvalue weighted by atomic mass is 16.5. The molecule has 0 saturated carbocycles. The lowest BCUT2D eigenvalue weighted by Gasteiger charge is -2.00. The number of ether oxygens (including phenoxy) is 1. The van der Waals surface area contributed by atoms with Gasteiger partial charge in [0.2, 0.25) is 0 Å². The Kier molecular flexibility index (Phi) is 2.92. The van der Waals surface area contributed by atoms with Crippen molar-refractivity contribution in [2.24, 2.45) is 0 Å². The highest BCUT2D eigenvalue weighted by Gasteiger charge is 2.08. The third-order valence-electron chi connectivity index (χ3n) is 2.36. The minimum Gasteiger partial charge on any atom is -0.462 e. The summed E-state index contributed by atoms with van der Waals surface area (Å²) >= 11 is 0. The Labute approximate surface area is 92.9 Å². The second-order valence-electron chi connectivity index (χ2n) is 3.48. The molecule has 0 bridgehead atoms. The third kappa shape index (κ3) is 1.92. The summed E-state index contributed by atoms with van der Waals surface area (Å²) in [4.78, 5) is 14.5. The van der Waals surface area contributed by atoms with E-state index in [1.807, 2.05) is 6.07 Å². The zero-order chi connectivity index (χ0) is 11.5. The molecule has 0 saturated heterocycles. The van der Waals surface area contributed by atoms with E-state index in [2.05, 4.69) is 4.98 Å². The normalized spacial score (nSPS) is 10.6. The Morgan fingerprint density at radius 3 is 2.94 bits per heavy atom. The zero-order valence-corrected chi connectivity index (χ0v) is 8.99. The number of carbonyl (C=O) groups is 1. The molecule has 1 aromatic heterocycles. The summed E-state index contributed by atoms with van der Waals surface area (Å²) in [6, 6.07) is 7.08. The monoisotopic (exact) mass is 219 g/mol. The fourth-order valence-corrected chi connectivity index (χ4v) is 1.62. The van der Waals surface area contributed by atoms with Gasteiger partial charge in [0.05, 0.1) is 18.8 Å². The summed E-state index contributed by atoms with van der Waals surface area (Å²) in [7, 11) is 0. The maximum absolute atomic E-state index is 11.5. The van der Waals surface area contributed by atoms with Crippen molar-refractivity contribution in [1.29, 1.82) is 0 Å². The number of benzene rings is 1. The van der Waals surface area contributed by atoms with Crippen LogP contribution in [0.2, 0.25) is 0 Å². The van der Waals surface area contributed by atoms with E-state index in [0.29, 0.717) is 12.2 Å². The number of hydrogen-bond donors (Lipinski definition) is 2. The van der Waals surface area contributed by atoms with Crippen molar-refractivity contribution in [3.8, 4) is 0 Å². The van der Waals surface area contributed by atoms with Crippen LogP contribution in [-0.2, 0) is 11.3 Å². The lowest BCUT2D eigenvalue weighted by atomic mass is 10.1. The molecule has 2 aromatic rings. The van der Waals surface area contributed by atoms with Crippen LogP contribution in [-0.4, -0.2) is 22.7 Å². The number of aromatic amines is 1. The molecule has 2 N–H and O–H groups in total. The molecular weight excluding hydrogens is 206 g/mol. The molecule has 0 fully saturated rings. The van der Waals surface area contributed by atoms with Gasteiger partial charge in [-0.05, 0) is 31.2 Å². The Hall–Kier alpha value is -1.81. The van der Waals surface area contributed by atoms with E-state index in [-0.39, 0.29) is 12.6 Å². The summed E-state index contributed by atoms with van der Waals surface area (Å²) in [5, 5.41) is 9.88.